The molecule has 1 saturated heterocycles. The second kappa shape index (κ2) is 8.13. The summed E-state index contributed by atoms with van der Waals surface area (Å²) < 4.78 is 17.7. The quantitative estimate of drug-likeness (QED) is 0.698. The van der Waals surface area contributed by atoms with Crippen LogP contribution in [-0.2, 0) is 32.0 Å². The van der Waals surface area contributed by atoms with Gasteiger partial charge in [-0.3, -0.25) is 14.5 Å². The summed E-state index contributed by atoms with van der Waals surface area (Å²) in [6.45, 7) is 4.17. The predicted molar refractivity (Wildman–Crippen MR) is 107 cm³/mol. The number of amides is 2. The summed E-state index contributed by atoms with van der Waals surface area (Å²) in [5.41, 5.74) is 1.68. The molecule has 1 atom stereocenters. The lowest BCUT2D eigenvalue weighted by atomic mass is 10.1. The van der Waals surface area contributed by atoms with Crippen molar-refractivity contribution in [3.63, 3.8) is 0 Å². The van der Waals surface area contributed by atoms with Gasteiger partial charge in [0.2, 0.25) is 5.03 Å². The number of rotatable bonds is 4. The number of hydrogen-bond donors (Lipinski definition) is 1. The van der Waals surface area contributed by atoms with E-state index in [4.69, 9.17) is 4.74 Å². The Bertz CT molecular complexity index is 952. The van der Waals surface area contributed by atoms with Crippen molar-refractivity contribution < 1.29 is 28.8 Å². The van der Waals surface area contributed by atoms with Crippen molar-refractivity contribution >= 4 is 29.0 Å². The van der Waals surface area contributed by atoms with Crippen molar-refractivity contribution in [2.75, 3.05) is 33.0 Å². The Hall–Kier alpha value is -2.82. The minimum Gasteiger partial charge on any atom is -0.605 e. The van der Waals surface area contributed by atoms with E-state index in [2.05, 4.69) is 0 Å². The van der Waals surface area contributed by atoms with E-state index in [0.29, 0.717) is 31.9 Å². The molecule has 3 aliphatic rings. The van der Waals surface area contributed by atoms with Gasteiger partial charge in [-0.25, -0.2) is 4.79 Å². The fourth-order valence-corrected chi connectivity index (χ4v) is 4.95. The summed E-state index contributed by atoms with van der Waals surface area (Å²) in [6, 6.07) is 7.08. The first-order valence-corrected chi connectivity index (χ1v) is 10.6. The van der Waals surface area contributed by atoms with Crippen molar-refractivity contribution in [2.24, 2.45) is 0 Å². The molecular weight excluding hydrogens is 410 g/mol. The number of benzene rings is 1. The van der Waals surface area contributed by atoms with Gasteiger partial charge in [0.1, 0.15) is 6.67 Å². The van der Waals surface area contributed by atoms with E-state index < -0.39 is 17.1 Å². The molecule has 3 aliphatic heterocycles. The molecule has 0 aromatic heterocycles. The Morgan fingerprint density at radius 1 is 1.20 bits per heavy atom. The Labute approximate surface area is 176 Å². The minimum absolute atomic E-state index is 0.0480. The number of ether oxygens (including phenoxy) is 1. The maximum atomic E-state index is 12.7. The third-order valence-electron chi connectivity index (χ3n) is 5.24. The van der Waals surface area contributed by atoms with Crippen LogP contribution in [0.1, 0.15) is 22.8 Å². The van der Waals surface area contributed by atoms with Crippen LogP contribution in [0, 0.1) is 0 Å². The van der Waals surface area contributed by atoms with Gasteiger partial charge in [-0.2, -0.15) is 0 Å². The number of carboxylic acids is 1. The van der Waals surface area contributed by atoms with Crippen LogP contribution in [0.2, 0.25) is 0 Å². The molecule has 0 spiro atoms. The van der Waals surface area contributed by atoms with Crippen LogP contribution in [0.3, 0.4) is 0 Å². The second-order valence-electron chi connectivity index (χ2n) is 7.21. The molecule has 9 nitrogen and oxygen atoms in total. The van der Waals surface area contributed by atoms with Gasteiger partial charge >= 0.3 is 5.97 Å². The second-order valence-corrected chi connectivity index (χ2v) is 8.58. The number of carbonyl (C=O) groups excluding carboxylic acids is 2. The topological polar surface area (TPSA) is 113 Å². The maximum Gasteiger partial charge on any atom is 0.386 e. The van der Waals surface area contributed by atoms with E-state index in [1.54, 1.807) is 45.9 Å². The van der Waals surface area contributed by atoms with Crippen LogP contribution in [0.5, 0.6) is 0 Å². The molecule has 4 rings (SSSR count). The van der Waals surface area contributed by atoms with Gasteiger partial charge in [-0.15, -0.1) is 0 Å². The van der Waals surface area contributed by atoms with E-state index in [0.717, 1.165) is 5.56 Å². The summed E-state index contributed by atoms with van der Waals surface area (Å²) >= 11 is -1.86. The van der Waals surface area contributed by atoms with Gasteiger partial charge in [-0.1, -0.05) is 12.1 Å². The SMILES string of the molecule is CC1=C2N(C=C(C(=O)O)[S+]2[O-])CN(Cc2ccc(C(=O)N3CCOCC3)cc2)C1=O. The van der Waals surface area contributed by atoms with Gasteiger partial charge < -0.3 is 24.2 Å². The van der Waals surface area contributed by atoms with E-state index in [1.807, 2.05) is 0 Å². The zero-order valence-electron chi connectivity index (χ0n) is 16.4. The van der Waals surface area contributed by atoms with Gasteiger partial charge in [0, 0.05) is 25.2 Å². The lowest BCUT2D eigenvalue weighted by molar-refractivity contribution is -0.132. The molecular formula is C20H21N3O6S. The normalized spacial score (nSPS) is 21.7. The summed E-state index contributed by atoms with van der Waals surface area (Å²) in [5.74, 6) is -1.60. The van der Waals surface area contributed by atoms with Crippen molar-refractivity contribution in [1.29, 1.82) is 0 Å². The zero-order valence-corrected chi connectivity index (χ0v) is 17.2. The highest BCUT2D eigenvalue weighted by atomic mass is 32.2. The average Bonchev–Trinajstić information content (AvgIpc) is 3.09. The Morgan fingerprint density at radius 2 is 1.87 bits per heavy atom. The molecule has 0 aliphatic carbocycles. The number of carbonyl (C=O) groups is 3. The first-order chi connectivity index (χ1) is 14.4. The Morgan fingerprint density at radius 3 is 2.50 bits per heavy atom. The first kappa shape index (κ1) is 20.5. The monoisotopic (exact) mass is 431 g/mol. The summed E-state index contributed by atoms with van der Waals surface area (Å²) in [6.07, 6.45) is 1.32. The van der Waals surface area contributed by atoms with Gasteiger partial charge in [0.15, 0.2) is 0 Å². The molecule has 3 heterocycles. The number of fused-ring (bicyclic) bond motifs is 1. The fourth-order valence-electron chi connectivity index (χ4n) is 3.67. The highest BCUT2D eigenvalue weighted by Crippen LogP contribution is 2.35. The number of nitrogens with zero attached hydrogens (tertiary/aromatic N) is 3. The lowest BCUT2D eigenvalue weighted by Gasteiger charge is -2.33. The van der Waals surface area contributed by atoms with Crippen LogP contribution >= 0.6 is 0 Å². The predicted octanol–water partition coefficient (Wildman–Crippen LogP) is 0.681. The molecule has 0 bridgehead atoms. The van der Waals surface area contributed by atoms with Crippen molar-refractivity contribution in [3.8, 4) is 0 Å². The fraction of sp³-hybridized carbons (Fsp3) is 0.350. The molecule has 2 amide bonds. The molecule has 1 unspecified atom stereocenters. The van der Waals surface area contributed by atoms with Crippen molar-refractivity contribution in [1.82, 2.24) is 14.7 Å². The summed E-state index contributed by atoms with van der Waals surface area (Å²) in [5, 5.41) is 9.44. The first-order valence-electron chi connectivity index (χ1n) is 9.46. The van der Waals surface area contributed by atoms with E-state index in [9.17, 15) is 24.0 Å². The number of aliphatic carboxylic acids is 1. The standard InChI is InChI=1S/C20H21N3O6S/c1-13-17(24)22(12-23-11-16(20(26)27)30(28)19(13)23)10-14-2-4-15(5-3-14)18(25)21-6-8-29-9-7-21/h2-5,11H,6-10,12H2,1H3,(H,26,27). The Balaban J connectivity index is 1.47. The molecule has 158 valence electrons. The molecule has 1 fully saturated rings. The lowest BCUT2D eigenvalue weighted by Crippen LogP contribution is -2.44. The molecule has 0 saturated carbocycles. The molecule has 10 heteroatoms. The minimum atomic E-state index is -1.86. The third-order valence-corrected chi connectivity index (χ3v) is 6.82. The molecule has 1 aromatic carbocycles. The van der Waals surface area contributed by atoms with E-state index >= 15 is 0 Å². The van der Waals surface area contributed by atoms with E-state index in [1.165, 1.54) is 6.20 Å². The highest BCUT2D eigenvalue weighted by Gasteiger charge is 2.45. The Kier molecular flexibility index (Phi) is 5.54. The van der Waals surface area contributed by atoms with Crippen LogP contribution in [0.4, 0.5) is 0 Å². The third kappa shape index (κ3) is 3.69. The van der Waals surface area contributed by atoms with Crippen LogP contribution in [-0.4, -0.2) is 75.1 Å². The van der Waals surface area contributed by atoms with Crippen LogP contribution < -0.4 is 0 Å². The summed E-state index contributed by atoms with van der Waals surface area (Å²) in [7, 11) is 0. The number of morpholine rings is 1. The van der Waals surface area contributed by atoms with Gasteiger partial charge in [0.25, 0.3) is 16.7 Å². The smallest absolute Gasteiger partial charge is 0.386 e. The molecule has 1 N–H and O–H groups in total. The highest BCUT2D eigenvalue weighted by molar-refractivity contribution is 8.00. The molecule has 0 radical (unpaired) electrons. The largest absolute Gasteiger partial charge is 0.605 e. The van der Waals surface area contributed by atoms with Crippen molar-refractivity contribution in [2.45, 2.75) is 13.5 Å². The molecule has 30 heavy (non-hydrogen) atoms. The van der Waals surface area contributed by atoms with Crippen molar-refractivity contribution in [3.05, 3.63) is 57.1 Å². The number of hydrogen-bond acceptors (Lipinski definition) is 6. The van der Waals surface area contributed by atoms with Gasteiger partial charge in [-0.05, 0) is 24.6 Å². The van der Waals surface area contributed by atoms with Gasteiger partial charge in [0.05, 0.1) is 36.2 Å². The molecule has 1 aromatic rings. The number of carboxylic acid groups (broad SMARTS) is 1. The van der Waals surface area contributed by atoms with Crippen LogP contribution in [0.25, 0.3) is 0 Å². The zero-order chi connectivity index (χ0) is 21.4. The van der Waals surface area contributed by atoms with Crippen LogP contribution in [0.15, 0.2) is 46.0 Å². The van der Waals surface area contributed by atoms with E-state index in [-0.39, 0.29) is 40.5 Å². The summed E-state index contributed by atoms with van der Waals surface area (Å²) in [4.78, 5) is 41.2. The maximum absolute atomic E-state index is 12.7. The average molecular weight is 431 g/mol.